The number of hydrogen-bond acceptors (Lipinski definition) is 2. The van der Waals surface area contributed by atoms with Gasteiger partial charge in [-0.05, 0) is 79.6 Å². The summed E-state index contributed by atoms with van der Waals surface area (Å²) in [7, 11) is 0. The molecule has 4 rings (SSSR count). The predicted octanol–water partition coefficient (Wildman–Crippen LogP) is 11.9. The SMILES string of the molecule is C#C.C/C=C(\C=C/Cc1ccc(Nc2ccccc2C/C=C\C/C=C\CC)cc1)Nc1ccccc1-c1ccccc1.CC. The van der Waals surface area contributed by atoms with E-state index in [-0.39, 0.29) is 0 Å². The second-order valence-corrected chi connectivity index (χ2v) is 9.66. The Balaban J connectivity index is 0.00000162. The van der Waals surface area contributed by atoms with E-state index in [2.05, 4.69) is 177 Å². The van der Waals surface area contributed by atoms with Gasteiger partial charge in [0, 0.05) is 28.3 Å². The van der Waals surface area contributed by atoms with Crippen LogP contribution in [0.4, 0.5) is 17.1 Å². The first-order valence-corrected chi connectivity index (χ1v) is 15.6. The van der Waals surface area contributed by atoms with Crippen LogP contribution in [0, 0.1) is 12.8 Å². The molecule has 226 valence electrons. The predicted molar refractivity (Wildman–Crippen MR) is 196 cm³/mol. The topological polar surface area (TPSA) is 24.1 Å². The normalized spacial score (nSPS) is 11.1. The molecule has 4 aromatic carbocycles. The van der Waals surface area contributed by atoms with E-state index < -0.39 is 0 Å². The minimum atomic E-state index is 0.869. The molecule has 44 heavy (non-hydrogen) atoms. The fraction of sp³-hybridized carbons (Fsp3) is 0.190. The molecule has 2 N–H and O–H groups in total. The second kappa shape index (κ2) is 21.7. The zero-order valence-corrected chi connectivity index (χ0v) is 26.8. The molecule has 2 nitrogen and oxygen atoms in total. The lowest BCUT2D eigenvalue weighted by Gasteiger charge is -2.13. The Labute approximate surface area is 267 Å². The molecular formula is C42H48N2. The number of nitrogens with one attached hydrogen (secondary N) is 2. The van der Waals surface area contributed by atoms with Crippen molar-refractivity contribution in [3.63, 3.8) is 0 Å². The van der Waals surface area contributed by atoms with Crippen LogP contribution >= 0.6 is 0 Å². The molecule has 0 amide bonds. The number of para-hydroxylation sites is 2. The van der Waals surface area contributed by atoms with Crippen LogP contribution in [0.5, 0.6) is 0 Å². The summed E-state index contributed by atoms with van der Waals surface area (Å²) in [5.41, 5.74) is 9.41. The summed E-state index contributed by atoms with van der Waals surface area (Å²) in [6, 6.07) is 36.2. The summed E-state index contributed by atoms with van der Waals surface area (Å²) in [5.74, 6) is 0. The van der Waals surface area contributed by atoms with Crippen LogP contribution in [0.25, 0.3) is 11.1 Å². The van der Waals surface area contributed by atoms with Crippen molar-refractivity contribution in [3.8, 4) is 24.0 Å². The smallest absolute Gasteiger partial charge is 0.0463 e. The maximum absolute atomic E-state index is 4.00. The number of benzene rings is 4. The molecule has 0 spiro atoms. The zero-order chi connectivity index (χ0) is 31.8. The van der Waals surface area contributed by atoms with Crippen molar-refractivity contribution in [2.45, 2.75) is 53.4 Å². The molecule has 0 aliphatic heterocycles. The first kappa shape index (κ1) is 35.2. The van der Waals surface area contributed by atoms with Crippen molar-refractivity contribution in [2.24, 2.45) is 0 Å². The second-order valence-electron chi connectivity index (χ2n) is 9.66. The first-order valence-electron chi connectivity index (χ1n) is 15.6. The fourth-order valence-electron chi connectivity index (χ4n) is 4.50. The summed E-state index contributed by atoms with van der Waals surface area (Å²) in [6.07, 6.45) is 27.3. The van der Waals surface area contributed by atoms with Gasteiger partial charge in [-0.2, -0.15) is 0 Å². The van der Waals surface area contributed by atoms with Crippen LogP contribution in [-0.4, -0.2) is 0 Å². The molecule has 0 atom stereocenters. The highest BCUT2D eigenvalue weighted by Gasteiger charge is 2.05. The molecule has 0 unspecified atom stereocenters. The van der Waals surface area contributed by atoms with E-state index in [1.54, 1.807) is 0 Å². The summed E-state index contributed by atoms with van der Waals surface area (Å²) in [5, 5.41) is 7.21. The van der Waals surface area contributed by atoms with Gasteiger partial charge in [-0.1, -0.05) is 136 Å². The molecule has 0 saturated heterocycles. The van der Waals surface area contributed by atoms with Crippen molar-refractivity contribution >= 4 is 17.1 Å². The lowest BCUT2D eigenvalue weighted by Crippen LogP contribution is -1.98. The van der Waals surface area contributed by atoms with Gasteiger partial charge in [0.25, 0.3) is 0 Å². The zero-order valence-electron chi connectivity index (χ0n) is 26.8. The number of anilines is 3. The molecule has 0 aromatic heterocycles. The van der Waals surface area contributed by atoms with Crippen molar-refractivity contribution in [3.05, 3.63) is 162 Å². The van der Waals surface area contributed by atoms with Gasteiger partial charge < -0.3 is 10.6 Å². The quantitative estimate of drug-likeness (QED) is 0.0933. The van der Waals surface area contributed by atoms with Gasteiger partial charge in [-0.15, -0.1) is 12.8 Å². The molecule has 0 aliphatic rings. The van der Waals surface area contributed by atoms with E-state index in [4.69, 9.17) is 0 Å². The average Bonchev–Trinajstić information content (AvgIpc) is 3.09. The summed E-state index contributed by atoms with van der Waals surface area (Å²) in [4.78, 5) is 0. The summed E-state index contributed by atoms with van der Waals surface area (Å²) >= 11 is 0. The van der Waals surface area contributed by atoms with Crippen LogP contribution in [0.15, 0.2) is 151 Å². The van der Waals surface area contributed by atoms with E-state index in [1.165, 1.54) is 22.3 Å². The highest BCUT2D eigenvalue weighted by molar-refractivity contribution is 5.79. The molecule has 0 saturated carbocycles. The average molecular weight is 581 g/mol. The highest BCUT2D eigenvalue weighted by Crippen LogP contribution is 2.29. The Kier molecular flexibility index (Phi) is 17.3. The first-order chi connectivity index (χ1) is 21.8. The lowest BCUT2D eigenvalue weighted by molar-refractivity contribution is 1.19. The van der Waals surface area contributed by atoms with Gasteiger partial charge in [-0.25, -0.2) is 0 Å². The van der Waals surface area contributed by atoms with Crippen LogP contribution < -0.4 is 10.6 Å². The van der Waals surface area contributed by atoms with Gasteiger partial charge in [0.05, 0.1) is 0 Å². The Morgan fingerprint density at radius 3 is 2.00 bits per heavy atom. The van der Waals surface area contributed by atoms with Crippen molar-refractivity contribution in [2.75, 3.05) is 10.6 Å². The third-order valence-corrected chi connectivity index (χ3v) is 6.68. The Hall–Kier alpha value is -5.00. The minimum Gasteiger partial charge on any atom is -0.355 e. The molecule has 4 aromatic rings. The van der Waals surface area contributed by atoms with Gasteiger partial charge in [0.15, 0.2) is 0 Å². The van der Waals surface area contributed by atoms with E-state index in [1.807, 2.05) is 19.9 Å². The van der Waals surface area contributed by atoms with Crippen molar-refractivity contribution in [1.29, 1.82) is 0 Å². The van der Waals surface area contributed by atoms with Gasteiger partial charge >= 0.3 is 0 Å². The minimum absolute atomic E-state index is 0.869. The molecule has 0 aliphatic carbocycles. The van der Waals surface area contributed by atoms with Crippen LogP contribution in [-0.2, 0) is 12.8 Å². The van der Waals surface area contributed by atoms with Gasteiger partial charge in [0.1, 0.15) is 0 Å². The Bertz CT molecular complexity index is 1490. The highest BCUT2D eigenvalue weighted by atomic mass is 14.9. The monoisotopic (exact) mass is 580 g/mol. The van der Waals surface area contributed by atoms with Crippen molar-refractivity contribution < 1.29 is 0 Å². The standard InChI is InChI=1S/C38H40N2.C2H6.C2H2/c1-3-5-6-7-8-10-21-33-22-13-15-25-37(33)40-35-29-27-31(28-30-35)18-17-23-34(4-2)39-38-26-16-14-24-36(38)32-19-11-9-12-20-32;2*1-2/h4-6,8-17,19-20,22-30,39-40H,3,7,18,21H2,1-2H3;1-2H3;1-2H/b6-5-,10-8-,23-17-,34-4+;;. The number of hydrogen-bond donors (Lipinski definition) is 2. The third kappa shape index (κ3) is 12.1. The fourth-order valence-corrected chi connectivity index (χ4v) is 4.50. The van der Waals surface area contributed by atoms with Crippen LogP contribution in [0.3, 0.4) is 0 Å². The number of allylic oxidation sites excluding steroid dienone is 7. The largest absolute Gasteiger partial charge is 0.355 e. The number of rotatable bonds is 13. The third-order valence-electron chi connectivity index (χ3n) is 6.68. The van der Waals surface area contributed by atoms with Gasteiger partial charge in [0.2, 0.25) is 0 Å². The summed E-state index contributed by atoms with van der Waals surface area (Å²) < 4.78 is 0. The van der Waals surface area contributed by atoms with Crippen LogP contribution in [0.1, 0.15) is 51.7 Å². The maximum atomic E-state index is 4.00. The molecule has 0 radical (unpaired) electrons. The van der Waals surface area contributed by atoms with E-state index in [0.717, 1.165) is 48.4 Å². The Morgan fingerprint density at radius 1 is 0.659 bits per heavy atom. The maximum Gasteiger partial charge on any atom is 0.0463 e. The van der Waals surface area contributed by atoms with E-state index in [0.29, 0.717) is 0 Å². The molecule has 0 fully saturated rings. The lowest BCUT2D eigenvalue weighted by atomic mass is 10.0. The molecular weight excluding hydrogens is 532 g/mol. The number of terminal acetylenes is 1. The molecule has 0 heterocycles. The van der Waals surface area contributed by atoms with Crippen LogP contribution in [0.2, 0.25) is 0 Å². The van der Waals surface area contributed by atoms with E-state index in [9.17, 15) is 0 Å². The molecule has 0 bridgehead atoms. The van der Waals surface area contributed by atoms with E-state index >= 15 is 0 Å². The van der Waals surface area contributed by atoms with Crippen molar-refractivity contribution in [1.82, 2.24) is 0 Å². The summed E-state index contributed by atoms with van der Waals surface area (Å²) in [6.45, 7) is 8.23. The Morgan fingerprint density at radius 2 is 1.30 bits per heavy atom. The van der Waals surface area contributed by atoms with Gasteiger partial charge in [-0.3, -0.25) is 0 Å². The molecule has 2 heteroatoms.